The lowest BCUT2D eigenvalue weighted by Crippen LogP contribution is -2.46. The van der Waals surface area contributed by atoms with E-state index in [0.717, 1.165) is 24.0 Å². The van der Waals surface area contributed by atoms with Gasteiger partial charge in [0, 0.05) is 30.1 Å². The molecular formula is C16H29ClN2S. The Morgan fingerprint density at radius 3 is 2.35 bits per heavy atom. The predicted octanol–water partition coefficient (Wildman–Crippen LogP) is 4.64. The van der Waals surface area contributed by atoms with Crippen LogP contribution in [0.1, 0.15) is 45.9 Å². The molecule has 0 radical (unpaired) electrons. The third-order valence-corrected chi connectivity index (χ3v) is 4.82. The molecule has 0 amide bonds. The number of halogens is 1. The van der Waals surface area contributed by atoms with Crippen LogP contribution in [0.2, 0.25) is 4.34 Å². The molecule has 4 heteroatoms. The van der Waals surface area contributed by atoms with E-state index in [1.54, 1.807) is 11.3 Å². The van der Waals surface area contributed by atoms with Gasteiger partial charge in [0.25, 0.3) is 0 Å². The van der Waals surface area contributed by atoms with Crippen LogP contribution in [-0.4, -0.2) is 30.6 Å². The molecule has 116 valence electrons. The van der Waals surface area contributed by atoms with Crippen LogP contribution in [-0.2, 0) is 6.54 Å². The largest absolute Gasteiger partial charge is 0.311 e. The fourth-order valence-corrected chi connectivity index (χ4v) is 3.35. The van der Waals surface area contributed by atoms with Gasteiger partial charge in [-0.2, -0.15) is 0 Å². The molecule has 1 unspecified atom stereocenters. The lowest BCUT2D eigenvalue weighted by molar-refractivity contribution is 0.164. The van der Waals surface area contributed by atoms with E-state index in [0.29, 0.717) is 5.41 Å². The van der Waals surface area contributed by atoms with Crippen molar-refractivity contribution < 1.29 is 0 Å². The zero-order chi connectivity index (χ0) is 15.4. The van der Waals surface area contributed by atoms with Crippen molar-refractivity contribution in [1.82, 2.24) is 10.2 Å². The maximum Gasteiger partial charge on any atom is 0.0931 e. The molecule has 0 aliphatic rings. The van der Waals surface area contributed by atoms with E-state index in [4.69, 9.17) is 11.6 Å². The SMILES string of the molecule is CCC(C)(CNC(C)(C)C)CN(C)Cc1ccc(Cl)s1. The van der Waals surface area contributed by atoms with E-state index in [1.807, 2.05) is 6.07 Å². The number of nitrogens with one attached hydrogen (secondary N) is 1. The Hall–Kier alpha value is -0.0900. The van der Waals surface area contributed by atoms with Crippen molar-refractivity contribution in [2.24, 2.45) is 5.41 Å². The molecule has 0 bridgehead atoms. The van der Waals surface area contributed by atoms with Gasteiger partial charge in [-0.05, 0) is 51.8 Å². The summed E-state index contributed by atoms with van der Waals surface area (Å²) >= 11 is 7.67. The Labute approximate surface area is 133 Å². The van der Waals surface area contributed by atoms with Gasteiger partial charge in [0.15, 0.2) is 0 Å². The second kappa shape index (κ2) is 7.26. The van der Waals surface area contributed by atoms with Gasteiger partial charge in [0.2, 0.25) is 0 Å². The van der Waals surface area contributed by atoms with Gasteiger partial charge < -0.3 is 10.2 Å². The Bertz CT molecular complexity index is 411. The highest BCUT2D eigenvalue weighted by Gasteiger charge is 2.26. The minimum Gasteiger partial charge on any atom is -0.311 e. The van der Waals surface area contributed by atoms with Gasteiger partial charge in [-0.1, -0.05) is 25.4 Å². The van der Waals surface area contributed by atoms with Crippen molar-refractivity contribution >= 4 is 22.9 Å². The van der Waals surface area contributed by atoms with Gasteiger partial charge in [0.05, 0.1) is 4.34 Å². The summed E-state index contributed by atoms with van der Waals surface area (Å²) in [7, 11) is 2.19. The summed E-state index contributed by atoms with van der Waals surface area (Å²) < 4.78 is 0.876. The van der Waals surface area contributed by atoms with Crippen molar-refractivity contribution in [2.45, 2.75) is 53.1 Å². The van der Waals surface area contributed by atoms with Crippen LogP contribution in [0.25, 0.3) is 0 Å². The van der Waals surface area contributed by atoms with E-state index in [-0.39, 0.29) is 5.54 Å². The summed E-state index contributed by atoms with van der Waals surface area (Å²) in [5.41, 5.74) is 0.472. The van der Waals surface area contributed by atoms with E-state index in [1.165, 1.54) is 11.3 Å². The van der Waals surface area contributed by atoms with Crippen LogP contribution < -0.4 is 5.32 Å². The van der Waals surface area contributed by atoms with Gasteiger partial charge in [-0.3, -0.25) is 0 Å². The minimum absolute atomic E-state index is 0.177. The van der Waals surface area contributed by atoms with E-state index < -0.39 is 0 Å². The van der Waals surface area contributed by atoms with Gasteiger partial charge in [0.1, 0.15) is 0 Å². The molecule has 0 aromatic carbocycles. The Morgan fingerprint density at radius 2 is 1.90 bits per heavy atom. The summed E-state index contributed by atoms with van der Waals surface area (Å²) in [6.45, 7) is 14.4. The fraction of sp³-hybridized carbons (Fsp3) is 0.750. The topological polar surface area (TPSA) is 15.3 Å². The number of hydrogen-bond donors (Lipinski definition) is 1. The monoisotopic (exact) mass is 316 g/mol. The first-order chi connectivity index (χ1) is 9.13. The molecule has 0 fully saturated rings. The quantitative estimate of drug-likeness (QED) is 0.788. The first-order valence-electron chi connectivity index (χ1n) is 7.31. The Balaban J connectivity index is 2.53. The maximum atomic E-state index is 5.99. The second-order valence-corrected chi connectivity index (χ2v) is 8.95. The van der Waals surface area contributed by atoms with Crippen LogP contribution >= 0.6 is 22.9 Å². The lowest BCUT2D eigenvalue weighted by atomic mass is 9.86. The third kappa shape index (κ3) is 6.57. The third-order valence-electron chi connectivity index (χ3n) is 3.61. The summed E-state index contributed by atoms with van der Waals surface area (Å²) in [5, 5.41) is 3.64. The highest BCUT2D eigenvalue weighted by molar-refractivity contribution is 7.16. The van der Waals surface area contributed by atoms with Crippen molar-refractivity contribution in [1.29, 1.82) is 0 Å². The van der Waals surface area contributed by atoms with Crippen LogP contribution in [0.3, 0.4) is 0 Å². The average Bonchev–Trinajstić information content (AvgIpc) is 2.71. The molecule has 0 spiro atoms. The highest BCUT2D eigenvalue weighted by Crippen LogP contribution is 2.26. The number of nitrogens with zero attached hydrogens (tertiary/aromatic N) is 1. The summed E-state index contributed by atoms with van der Waals surface area (Å²) in [5.74, 6) is 0. The molecular weight excluding hydrogens is 288 g/mol. The summed E-state index contributed by atoms with van der Waals surface area (Å²) in [4.78, 5) is 3.73. The molecule has 1 rings (SSSR count). The molecule has 1 aromatic heterocycles. The van der Waals surface area contributed by atoms with E-state index >= 15 is 0 Å². The van der Waals surface area contributed by atoms with Crippen molar-refractivity contribution in [3.05, 3.63) is 21.3 Å². The van der Waals surface area contributed by atoms with Crippen LogP contribution in [0.5, 0.6) is 0 Å². The molecule has 20 heavy (non-hydrogen) atoms. The molecule has 0 saturated carbocycles. The van der Waals surface area contributed by atoms with Gasteiger partial charge in [-0.15, -0.1) is 11.3 Å². The number of rotatable bonds is 7. The molecule has 1 atom stereocenters. The van der Waals surface area contributed by atoms with E-state index in [2.05, 4.69) is 57.9 Å². The molecule has 0 aliphatic carbocycles. The molecule has 1 heterocycles. The fourth-order valence-electron chi connectivity index (χ4n) is 2.18. The zero-order valence-electron chi connectivity index (χ0n) is 13.7. The maximum absolute atomic E-state index is 5.99. The average molecular weight is 317 g/mol. The first-order valence-corrected chi connectivity index (χ1v) is 8.51. The normalized spacial score (nSPS) is 15.6. The predicted molar refractivity (Wildman–Crippen MR) is 91.8 cm³/mol. The van der Waals surface area contributed by atoms with Crippen molar-refractivity contribution in [3.8, 4) is 0 Å². The second-order valence-electron chi connectivity index (χ2n) is 7.15. The van der Waals surface area contributed by atoms with Gasteiger partial charge >= 0.3 is 0 Å². The van der Waals surface area contributed by atoms with Gasteiger partial charge in [-0.25, -0.2) is 0 Å². The van der Waals surface area contributed by atoms with Crippen LogP contribution in [0, 0.1) is 5.41 Å². The number of hydrogen-bond acceptors (Lipinski definition) is 3. The Kier molecular flexibility index (Phi) is 6.52. The van der Waals surface area contributed by atoms with Crippen molar-refractivity contribution in [2.75, 3.05) is 20.1 Å². The summed E-state index contributed by atoms with van der Waals surface area (Å²) in [6.07, 6.45) is 1.17. The zero-order valence-corrected chi connectivity index (χ0v) is 15.3. The van der Waals surface area contributed by atoms with Crippen molar-refractivity contribution in [3.63, 3.8) is 0 Å². The highest BCUT2D eigenvalue weighted by atomic mass is 35.5. The smallest absolute Gasteiger partial charge is 0.0931 e. The molecule has 0 aliphatic heterocycles. The molecule has 1 N–H and O–H groups in total. The van der Waals surface area contributed by atoms with E-state index in [9.17, 15) is 0 Å². The minimum atomic E-state index is 0.177. The number of thiophene rings is 1. The van der Waals surface area contributed by atoms with Crippen LogP contribution in [0.4, 0.5) is 0 Å². The standard InChI is InChI=1S/C16H29ClN2S/c1-7-16(5,11-18-15(2,3)4)12-19(6)10-13-8-9-14(17)20-13/h8-9,18H,7,10-12H2,1-6H3. The molecule has 0 saturated heterocycles. The molecule has 2 nitrogen and oxygen atoms in total. The van der Waals surface area contributed by atoms with Crippen LogP contribution in [0.15, 0.2) is 12.1 Å². The Morgan fingerprint density at radius 1 is 1.25 bits per heavy atom. The molecule has 1 aromatic rings. The first kappa shape index (κ1) is 18.0. The lowest BCUT2D eigenvalue weighted by Gasteiger charge is -2.36. The summed E-state index contributed by atoms with van der Waals surface area (Å²) in [6, 6.07) is 4.11.